The molecule has 0 spiro atoms. The molecule has 47 valence electrons. The van der Waals surface area contributed by atoms with E-state index in [4.69, 9.17) is 5.02 Å². The van der Waals surface area contributed by atoms with Gasteiger partial charge in [-0.1, -0.05) is 0 Å². The SMILES string of the molecule is Cc1n[nH]c(C)c1[B]O. The fourth-order valence-corrected chi connectivity index (χ4v) is 0.750. The van der Waals surface area contributed by atoms with Crippen molar-refractivity contribution in [1.29, 1.82) is 0 Å². The van der Waals surface area contributed by atoms with Gasteiger partial charge in [-0.15, -0.1) is 0 Å². The van der Waals surface area contributed by atoms with Gasteiger partial charge in [-0.3, -0.25) is 5.10 Å². The van der Waals surface area contributed by atoms with Gasteiger partial charge in [0.1, 0.15) is 0 Å². The lowest BCUT2D eigenvalue weighted by molar-refractivity contribution is 0.615. The van der Waals surface area contributed by atoms with Gasteiger partial charge < -0.3 is 5.02 Å². The average molecular weight is 123 g/mol. The smallest absolute Gasteiger partial charge is 0.330 e. The standard InChI is InChI=1S/C5H8BN2O/c1-3-5(6-9)4(2)8-7-3/h9H,1-2H3,(H,7,8). The monoisotopic (exact) mass is 123 g/mol. The number of aromatic amines is 1. The topological polar surface area (TPSA) is 48.9 Å². The van der Waals surface area contributed by atoms with E-state index >= 15 is 0 Å². The van der Waals surface area contributed by atoms with Crippen LogP contribution in [0, 0.1) is 13.8 Å². The zero-order chi connectivity index (χ0) is 6.85. The summed E-state index contributed by atoms with van der Waals surface area (Å²) >= 11 is 0. The highest BCUT2D eigenvalue weighted by Crippen LogP contribution is 1.89. The molecule has 0 saturated carbocycles. The summed E-state index contributed by atoms with van der Waals surface area (Å²) in [5.41, 5.74) is 2.51. The Morgan fingerprint density at radius 2 is 2.22 bits per heavy atom. The van der Waals surface area contributed by atoms with Crippen molar-refractivity contribution in [3.05, 3.63) is 11.4 Å². The highest BCUT2D eigenvalue weighted by molar-refractivity contribution is 6.46. The molecular formula is C5H8BN2O. The van der Waals surface area contributed by atoms with E-state index in [0.717, 1.165) is 24.3 Å². The summed E-state index contributed by atoms with van der Waals surface area (Å²) in [4.78, 5) is 0. The molecule has 2 N–H and O–H groups in total. The Labute approximate surface area is 54.4 Å². The number of nitrogens with zero attached hydrogens (tertiary/aromatic N) is 1. The molecule has 0 aliphatic rings. The summed E-state index contributed by atoms with van der Waals surface area (Å²) < 4.78 is 0. The van der Waals surface area contributed by atoms with E-state index in [1.165, 1.54) is 0 Å². The van der Waals surface area contributed by atoms with Crippen LogP contribution in [0.15, 0.2) is 0 Å². The Kier molecular flexibility index (Phi) is 1.57. The van der Waals surface area contributed by atoms with Crippen molar-refractivity contribution in [3.63, 3.8) is 0 Å². The van der Waals surface area contributed by atoms with Crippen molar-refractivity contribution < 1.29 is 5.02 Å². The van der Waals surface area contributed by atoms with Gasteiger partial charge >= 0.3 is 7.48 Å². The number of rotatable bonds is 1. The molecule has 1 radical (unpaired) electrons. The fraction of sp³-hybridized carbons (Fsp3) is 0.400. The van der Waals surface area contributed by atoms with E-state index in [0.29, 0.717) is 0 Å². The molecule has 1 rings (SSSR count). The van der Waals surface area contributed by atoms with Crippen LogP contribution in [-0.2, 0) is 0 Å². The quantitative estimate of drug-likeness (QED) is 0.483. The Morgan fingerprint density at radius 1 is 1.56 bits per heavy atom. The van der Waals surface area contributed by atoms with Gasteiger partial charge in [-0.2, -0.15) is 5.10 Å². The maximum atomic E-state index is 8.60. The van der Waals surface area contributed by atoms with E-state index in [1.54, 1.807) is 0 Å². The zero-order valence-corrected chi connectivity index (χ0v) is 5.47. The normalized spacial score (nSPS) is 9.67. The van der Waals surface area contributed by atoms with E-state index < -0.39 is 0 Å². The van der Waals surface area contributed by atoms with Crippen LogP contribution >= 0.6 is 0 Å². The number of H-pyrrole nitrogens is 1. The van der Waals surface area contributed by atoms with Gasteiger partial charge in [0.2, 0.25) is 0 Å². The number of aryl methyl sites for hydroxylation is 2. The summed E-state index contributed by atoms with van der Waals surface area (Å²) in [5.74, 6) is 0. The Morgan fingerprint density at radius 3 is 2.44 bits per heavy atom. The predicted octanol–water partition coefficient (Wildman–Crippen LogP) is -0.737. The third-order valence-corrected chi connectivity index (χ3v) is 1.31. The number of hydrogen-bond donors (Lipinski definition) is 2. The van der Waals surface area contributed by atoms with Gasteiger partial charge in [-0.05, 0) is 19.3 Å². The molecule has 9 heavy (non-hydrogen) atoms. The number of aromatic nitrogens is 2. The second-order valence-electron chi connectivity index (χ2n) is 1.98. The molecule has 0 fully saturated rings. The van der Waals surface area contributed by atoms with Crippen LogP contribution in [0.3, 0.4) is 0 Å². The van der Waals surface area contributed by atoms with E-state index in [-0.39, 0.29) is 0 Å². The highest BCUT2D eigenvalue weighted by Gasteiger charge is 2.04. The minimum Gasteiger partial charge on any atom is -0.450 e. The molecule has 0 saturated heterocycles. The molecule has 4 heteroatoms. The molecule has 0 unspecified atom stereocenters. The largest absolute Gasteiger partial charge is 0.450 e. The Bertz CT molecular complexity index is 189. The van der Waals surface area contributed by atoms with Crippen molar-refractivity contribution in [2.45, 2.75) is 13.8 Å². The molecule has 1 heterocycles. The molecule has 1 aromatic rings. The summed E-state index contributed by atoms with van der Waals surface area (Å²) in [6.07, 6.45) is 0. The minimum absolute atomic E-state index is 0.787. The van der Waals surface area contributed by atoms with Crippen molar-refractivity contribution >= 4 is 12.9 Å². The van der Waals surface area contributed by atoms with Crippen molar-refractivity contribution in [1.82, 2.24) is 10.2 Å². The lowest BCUT2D eigenvalue weighted by Crippen LogP contribution is -2.17. The Hall–Kier alpha value is -0.765. The van der Waals surface area contributed by atoms with Crippen LogP contribution in [0.4, 0.5) is 0 Å². The first-order valence-corrected chi connectivity index (χ1v) is 2.74. The maximum absolute atomic E-state index is 8.60. The first kappa shape index (κ1) is 6.36. The van der Waals surface area contributed by atoms with Crippen LogP contribution in [0.25, 0.3) is 0 Å². The van der Waals surface area contributed by atoms with Gasteiger partial charge in [0, 0.05) is 5.69 Å². The van der Waals surface area contributed by atoms with Crippen molar-refractivity contribution in [3.8, 4) is 0 Å². The molecule has 0 bridgehead atoms. The van der Waals surface area contributed by atoms with E-state index in [1.807, 2.05) is 13.8 Å². The first-order chi connectivity index (χ1) is 4.25. The van der Waals surface area contributed by atoms with Crippen LogP contribution in [0.2, 0.25) is 0 Å². The molecule has 0 aliphatic carbocycles. The van der Waals surface area contributed by atoms with Gasteiger partial charge in [0.15, 0.2) is 0 Å². The lowest BCUT2D eigenvalue weighted by Gasteiger charge is -1.88. The molecule has 0 amide bonds. The summed E-state index contributed by atoms with van der Waals surface area (Å²) in [6, 6.07) is 0. The fourth-order valence-electron chi connectivity index (χ4n) is 0.750. The van der Waals surface area contributed by atoms with E-state index in [9.17, 15) is 0 Å². The second kappa shape index (κ2) is 2.23. The molecular weight excluding hydrogens is 115 g/mol. The van der Waals surface area contributed by atoms with Crippen LogP contribution in [0.5, 0.6) is 0 Å². The summed E-state index contributed by atoms with van der Waals surface area (Å²) in [5, 5.41) is 15.2. The van der Waals surface area contributed by atoms with Gasteiger partial charge in [-0.25, -0.2) is 0 Å². The molecule has 0 atom stereocenters. The minimum atomic E-state index is 0.787. The summed E-state index contributed by atoms with van der Waals surface area (Å²) in [7, 11) is 1.06. The van der Waals surface area contributed by atoms with Gasteiger partial charge in [0.25, 0.3) is 0 Å². The Balaban J connectivity index is 3.07. The van der Waals surface area contributed by atoms with Crippen molar-refractivity contribution in [2.24, 2.45) is 0 Å². The molecule has 0 aliphatic heterocycles. The summed E-state index contributed by atoms with van der Waals surface area (Å²) in [6.45, 7) is 3.70. The third kappa shape index (κ3) is 0.978. The predicted molar refractivity (Wildman–Crippen MR) is 35.7 cm³/mol. The van der Waals surface area contributed by atoms with Crippen LogP contribution < -0.4 is 5.46 Å². The van der Waals surface area contributed by atoms with Crippen LogP contribution in [-0.4, -0.2) is 22.7 Å². The third-order valence-electron chi connectivity index (χ3n) is 1.31. The van der Waals surface area contributed by atoms with E-state index in [2.05, 4.69) is 10.2 Å². The first-order valence-electron chi connectivity index (χ1n) is 2.74. The van der Waals surface area contributed by atoms with Gasteiger partial charge in [0.05, 0.1) is 5.69 Å². The molecule has 0 aromatic carbocycles. The van der Waals surface area contributed by atoms with Crippen LogP contribution in [0.1, 0.15) is 11.4 Å². The molecule has 3 nitrogen and oxygen atoms in total. The molecule has 1 aromatic heterocycles. The highest BCUT2D eigenvalue weighted by atomic mass is 16.2. The number of nitrogens with one attached hydrogen (secondary N) is 1. The lowest BCUT2D eigenvalue weighted by atomic mass is 9.87. The average Bonchev–Trinajstić information content (AvgIpc) is 2.12. The maximum Gasteiger partial charge on any atom is 0.330 e. The van der Waals surface area contributed by atoms with Crippen molar-refractivity contribution in [2.75, 3.05) is 0 Å². The zero-order valence-electron chi connectivity index (χ0n) is 5.47. The number of hydrogen-bond acceptors (Lipinski definition) is 2. The second-order valence-corrected chi connectivity index (χ2v) is 1.98.